The fraction of sp³-hybridized carbons (Fsp3) is 0.526. The highest BCUT2D eigenvalue weighted by Gasteiger charge is 2.23. The van der Waals surface area contributed by atoms with Crippen molar-refractivity contribution in [1.82, 2.24) is 10.6 Å². The summed E-state index contributed by atoms with van der Waals surface area (Å²) < 4.78 is 11.0. The van der Waals surface area contributed by atoms with Gasteiger partial charge in [0.05, 0.1) is 18.9 Å². The zero-order valence-electron chi connectivity index (χ0n) is 15.1. The first kappa shape index (κ1) is 18.9. The Hall–Kier alpha value is -1.83. The van der Waals surface area contributed by atoms with Crippen LogP contribution >= 0.6 is 11.3 Å². The van der Waals surface area contributed by atoms with E-state index in [0.717, 1.165) is 37.2 Å². The van der Waals surface area contributed by atoms with E-state index in [1.807, 2.05) is 29.0 Å². The Morgan fingerprint density at radius 1 is 1.42 bits per heavy atom. The molecule has 1 aliphatic heterocycles. The van der Waals surface area contributed by atoms with Crippen molar-refractivity contribution in [3.63, 3.8) is 0 Å². The predicted molar refractivity (Wildman–Crippen MR) is 104 cm³/mol. The SMILES string of the molecule is CC(O)(CN=C(NCCc1ccco1)NCC1CCCO1)c1ccsc1. The highest BCUT2D eigenvalue weighted by molar-refractivity contribution is 7.08. The van der Waals surface area contributed by atoms with Crippen LogP contribution in [0.1, 0.15) is 31.1 Å². The van der Waals surface area contributed by atoms with Crippen LogP contribution in [0.4, 0.5) is 0 Å². The summed E-state index contributed by atoms with van der Waals surface area (Å²) >= 11 is 1.57. The lowest BCUT2D eigenvalue weighted by atomic mass is 10.00. The maximum atomic E-state index is 10.7. The van der Waals surface area contributed by atoms with Crippen molar-refractivity contribution in [3.8, 4) is 0 Å². The van der Waals surface area contributed by atoms with Crippen LogP contribution in [0.2, 0.25) is 0 Å². The average Bonchev–Trinajstić information content (AvgIpc) is 3.40. The molecule has 0 bridgehead atoms. The number of ether oxygens (including phenoxy) is 1. The van der Waals surface area contributed by atoms with Gasteiger partial charge in [-0.3, -0.25) is 0 Å². The van der Waals surface area contributed by atoms with Gasteiger partial charge in [0.2, 0.25) is 0 Å². The molecule has 1 aliphatic rings. The largest absolute Gasteiger partial charge is 0.469 e. The summed E-state index contributed by atoms with van der Waals surface area (Å²) in [7, 11) is 0. The minimum absolute atomic E-state index is 0.226. The number of guanidine groups is 1. The van der Waals surface area contributed by atoms with E-state index in [4.69, 9.17) is 9.15 Å². The van der Waals surface area contributed by atoms with Crippen LogP contribution in [0.3, 0.4) is 0 Å². The van der Waals surface area contributed by atoms with E-state index in [-0.39, 0.29) is 12.6 Å². The molecule has 0 spiro atoms. The fourth-order valence-corrected chi connectivity index (χ4v) is 3.63. The fourth-order valence-electron chi connectivity index (χ4n) is 2.84. The van der Waals surface area contributed by atoms with Crippen molar-refractivity contribution >= 4 is 17.3 Å². The van der Waals surface area contributed by atoms with E-state index in [1.165, 1.54) is 0 Å². The molecule has 0 amide bonds. The molecule has 0 saturated carbocycles. The molecule has 3 heterocycles. The second-order valence-electron chi connectivity index (χ2n) is 6.72. The van der Waals surface area contributed by atoms with Crippen LogP contribution in [-0.4, -0.2) is 43.4 Å². The second kappa shape index (κ2) is 9.21. The van der Waals surface area contributed by atoms with Crippen LogP contribution in [0.5, 0.6) is 0 Å². The van der Waals surface area contributed by atoms with Gasteiger partial charge in [-0.25, -0.2) is 4.99 Å². The molecule has 1 saturated heterocycles. The maximum Gasteiger partial charge on any atom is 0.191 e. The highest BCUT2D eigenvalue weighted by atomic mass is 32.1. The van der Waals surface area contributed by atoms with E-state index >= 15 is 0 Å². The lowest BCUT2D eigenvalue weighted by Crippen LogP contribution is -2.42. The van der Waals surface area contributed by atoms with Crippen molar-refractivity contribution in [3.05, 3.63) is 46.5 Å². The van der Waals surface area contributed by atoms with Crippen LogP contribution in [0.25, 0.3) is 0 Å². The van der Waals surface area contributed by atoms with Gasteiger partial charge in [-0.2, -0.15) is 11.3 Å². The Morgan fingerprint density at radius 3 is 3.04 bits per heavy atom. The van der Waals surface area contributed by atoms with E-state index in [9.17, 15) is 5.11 Å². The van der Waals surface area contributed by atoms with E-state index in [0.29, 0.717) is 19.0 Å². The second-order valence-corrected chi connectivity index (χ2v) is 7.50. The predicted octanol–water partition coefficient (Wildman–Crippen LogP) is 2.51. The monoisotopic (exact) mass is 377 g/mol. The molecular weight excluding hydrogens is 350 g/mol. The Bertz CT molecular complexity index is 662. The molecule has 2 atom stereocenters. The van der Waals surface area contributed by atoms with Gasteiger partial charge in [0.1, 0.15) is 11.4 Å². The van der Waals surface area contributed by atoms with Crippen molar-refractivity contribution in [2.45, 2.75) is 37.9 Å². The topological polar surface area (TPSA) is 79.0 Å². The van der Waals surface area contributed by atoms with Gasteiger partial charge in [0.15, 0.2) is 5.96 Å². The van der Waals surface area contributed by atoms with Crippen molar-refractivity contribution in [1.29, 1.82) is 0 Å². The lowest BCUT2D eigenvalue weighted by molar-refractivity contribution is 0.0676. The molecule has 26 heavy (non-hydrogen) atoms. The Balaban J connectivity index is 1.56. The van der Waals surface area contributed by atoms with Crippen LogP contribution in [-0.2, 0) is 16.8 Å². The van der Waals surface area contributed by atoms with Crippen LogP contribution in [0.15, 0.2) is 44.6 Å². The molecule has 142 valence electrons. The van der Waals surface area contributed by atoms with Gasteiger partial charge in [0, 0.05) is 26.1 Å². The molecule has 6 nitrogen and oxygen atoms in total. The number of hydrogen-bond donors (Lipinski definition) is 3. The van der Waals surface area contributed by atoms with Gasteiger partial charge < -0.3 is 24.9 Å². The van der Waals surface area contributed by atoms with Gasteiger partial charge in [-0.15, -0.1) is 0 Å². The summed E-state index contributed by atoms with van der Waals surface area (Å²) in [5.41, 5.74) is -0.0974. The molecule has 3 N–H and O–H groups in total. The third kappa shape index (κ3) is 5.59. The molecule has 0 aliphatic carbocycles. The standard InChI is InChI=1S/C19H27N3O3S/c1-19(23,15-7-11-26-13-15)14-22-18(21-12-17-5-3-10-25-17)20-8-6-16-4-2-9-24-16/h2,4,7,9,11,13,17,23H,3,5-6,8,10,12,14H2,1H3,(H2,20,21,22). The first-order valence-corrected chi connectivity index (χ1v) is 9.99. The quantitative estimate of drug-likeness (QED) is 0.487. The summed E-state index contributed by atoms with van der Waals surface area (Å²) in [5.74, 6) is 1.61. The molecular formula is C19H27N3O3S. The molecule has 0 aromatic carbocycles. The summed E-state index contributed by atoms with van der Waals surface area (Å²) in [6, 6.07) is 5.78. The van der Waals surface area contributed by atoms with Crippen molar-refractivity contribution in [2.24, 2.45) is 4.99 Å². The zero-order valence-corrected chi connectivity index (χ0v) is 15.9. The number of aliphatic hydroxyl groups is 1. The molecule has 2 unspecified atom stereocenters. The number of nitrogens with one attached hydrogen (secondary N) is 2. The van der Waals surface area contributed by atoms with Crippen molar-refractivity contribution < 1.29 is 14.3 Å². The summed E-state index contributed by atoms with van der Waals surface area (Å²) in [6.45, 7) is 4.32. The third-order valence-electron chi connectivity index (χ3n) is 4.45. The number of rotatable bonds is 8. The van der Waals surface area contributed by atoms with Crippen LogP contribution in [0, 0.1) is 0 Å². The Morgan fingerprint density at radius 2 is 2.35 bits per heavy atom. The van der Waals surface area contributed by atoms with E-state index < -0.39 is 5.60 Å². The minimum Gasteiger partial charge on any atom is -0.469 e. The lowest BCUT2D eigenvalue weighted by Gasteiger charge is -2.21. The minimum atomic E-state index is -0.987. The highest BCUT2D eigenvalue weighted by Crippen LogP contribution is 2.23. The molecule has 1 fully saturated rings. The summed E-state index contributed by atoms with van der Waals surface area (Å²) in [5, 5.41) is 21.3. The van der Waals surface area contributed by atoms with Gasteiger partial charge in [0.25, 0.3) is 0 Å². The number of furan rings is 1. The summed E-state index contributed by atoms with van der Waals surface area (Å²) in [6.07, 6.45) is 4.85. The number of nitrogens with zero attached hydrogens (tertiary/aromatic N) is 1. The average molecular weight is 378 g/mol. The first-order chi connectivity index (χ1) is 12.6. The van der Waals surface area contributed by atoms with Crippen molar-refractivity contribution in [2.75, 3.05) is 26.2 Å². The van der Waals surface area contributed by atoms with E-state index in [1.54, 1.807) is 24.5 Å². The zero-order chi connectivity index (χ0) is 18.2. The molecule has 2 aromatic heterocycles. The normalized spacial score (nSPS) is 20.1. The maximum absolute atomic E-state index is 10.7. The molecule has 3 rings (SSSR count). The van der Waals surface area contributed by atoms with Gasteiger partial charge in [-0.05, 0) is 54.3 Å². The summed E-state index contributed by atoms with van der Waals surface area (Å²) in [4.78, 5) is 4.59. The van der Waals surface area contributed by atoms with E-state index in [2.05, 4.69) is 15.6 Å². The smallest absolute Gasteiger partial charge is 0.191 e. The third-order valence-corrected chi connectivity index (χ3v) is 5.14. The van der Waals surface area contributed by atoms with Gasteiger partial charge >= 0.3 is 0 Å². The molecule has 2 aromatic rings. The van der Waals surface area contributed by atoms with Gasteiger partial charge in [-0.1, -0.05) is 0 Å². The number of thiophene rings is 1. The number of aliphatic imine (C=N–C) groups is 1. The Kier molecular flexibility index (Phi) is 6.71. The Labute approximate surface area is 158 Å². The number of hydrogen-bond acceptors (Lipinski definition) is 5. The first-order valence-electron chi connectivity index (χ1n) is 9.05. The van der Waals surface area contributed by atoms with Crippen LogP contribution < -0.4 is 10.6 Å². The molecule has 0 radical (unpaired) electrons. The molecule has 7 heteroatoms.